The van der Waals surface area contributed by atoms with E-state index in [0.717, 1.165) is 52.3 Å². The van der Waals surface area contributed by atoms with Gasteiger partial charge in [0, 0.05) is 46.5 Å². The van der Waals surface area contributed by atoms with E-state index < -0.39 is 0 Å². The molecular weight excluding hydrogens is 335 g/mol. The minimum Gasteiger partial charge on any atom is -0.367 e. The normalized spacial score (nSPS) is 14.6. The molecule has 1 aliphatic rings. The maximum absolute atomic E-state index is 13.1. The number of aromatic nitrogens is 1. The number of H-pyrrole nitrogens is 1. The molecule has 126 valence electrons. The van der Waals surface area contributed by atoms with Crippen LogP contribution in [0.1, 0.15) is 17.5 Å². The monoisotopic (exact) mass is 352 g/mol. The largest absolute Gasteiger partial charge is 0.367 e. The Morgan fingerprint density at radius 1 is 1.16 bits per heavy atom. The quantitative estimate of drug-likeness (QED) is 0.638. The molecule has 2 nitrogen and oxygen atoms in total. The molecule has 0 atom stereocenters. The lowest BCUT2D eigenvalue weighted by Crippen LogP contribution is -2.26. The zero-order valence-electron chi connectivity index (χ0n) is 13.7. The van der Waals surface area contributed by atoms with E-state index in [1.807, 2.05) is 36.5 Å². The molecule has 0 fully saturated rings. The number of benzene rings is 2. The highest BCUT2D eigenvalue weighted by Crippen LogP contribution is 2.31. The van der Waals surface area contributed by atoms with E-state index in [-0.39, 0.29) is 5.82 Å². The summed E-state index contributed by atoms with van der Waals surface area (Å²) < 4.78 is 13.1. The SMILES string of the molecule is C=C(c1c[nH]c2cc(Cl)ccc12)N1CC=C(c2ccc(F)cc2)CC1. The minimum atomic E-state index is -0.199. The van der Waals surface area contributed by atoms with Crippen LogP contribution >= 0.6 is 11.6 Å². The molecule has 0 unspecified atom stereocenters. The Labute approximate surface area is 151 Å². The Bertz CT molecular complexity index is 969. The average Bonchev–Trinajstić information content (AvgIpc) is 3.05. The van der Waals surface area contributed by atoms with Crippen molar-refractivity contribution in [3.8, 4) is 0 Å². The predicted octanol–water partition coefficient (Wildman–Crippen LogP) is 5.72. The van der Waals surface area contributed by atoms with E-state index in [2.05, 4.69) is 22.5 Å². The van der Waals surface area contributed by atoms with Gasteiger partial charge in [0.25, 0.3) is 0 Å². The van der Waals surface area contributed by atoms with E-state index in [4.69, 9.17) is 11.6 Å². The molecule has 0 amide bonds. The minimum absolute atomic E-state index is 0.199. The molecule has 1 aliphatic heterocycles. The van der Waals surface area contributed by atoms with Crippen LogP contribution in [0.25, 0.3) is 22.2 Å². The number of hydrogen-bond acceptors (Lipinski definition) is 1. The summed E-state index contributed by atoms with van der Waals surface area (Å²) in [7, 11) is 0. The van der Waals surface area contributed by atoms with Gasteiger partial charge in [-0.2, -0.15) is 0 Å². The summed E-state index contributed by atoms with van der Waals surface area (Å²) in [5.74, 6) is -0.199. The molecular formula is C21H18ClFN2. The van der Waals surface area contributed by atoms with Crippen LogP contribution < -0.4 is 0 Å². The van der Waals surface area contributed by atoms with Crippen molar-refractivity contribution in [1.82, 2.24) is 9.88 Å². The lowest BCUT2D eigenvalue weighted by atomic mass is 9.98. The zero-order valence-corrected chi connectivity index (χ0v) is 14.5. The van der Waals surface area contributed by atoms with Crippen molar-refractivity contribution < 1.29 is 4.39 Å². The summed E-state index contributed by atoms with van der Waals surface area (Å²) >= 11 is 6.06. The van der Waals surface area contributed by atoms with Crippen LogP contribution in [0, 0.1) is 5.82 Å². The zero-order chi connectivity index (χ0) is 17.4. The van der Waals surface area contributed by atoms with Crippen molar-refractivity contribution in [2.75, 3.05) is 13.1 Å². The van der Waals surface area contributed by atoms with E-state index in [1.165, 1.54) is 17.7 Å². The van der Waals surface area contributed by atoms with E-state index in [9.17, 15) is 4.39 Å². The van der Waals surface area contributed by atoms with E-state index in [1.54, 1.807) is 0 Å². The highest BCUT2D eigenvalue weighted by Gasteiger charge is 2.17. The molecule has 2 aromatic carbocycles. The summed E-state index contributed by atoms with van der Waals surface area (Å²) in [6.07, 6.45) is 5.11. The number of hydrogen-bond donors (Lipinski definition) is 1. The van der Waals surface area contributed by atoms with Crippen molar-refractivity contribution in [2.45, 2.75) is 6.42 Å². The van der Waals surface area contributed by atoms with Crippen molar-refractivity contribution >= 4 is 33.8 Å². The van der Waals surface area contributed by atoms with E-state index >= 15 is 0 Å². The third-order valence-electron chi connectivity index (χ3n) is 4.76. The standard InChI is InChI=1S/C21H18ClFN2/c1-14(20-13-24-21-12-17(22)4-7-19(20)21)25-10-8-16(9-11-25)15-2-5-18(23)6-3-15/h2-8,12-13,24H,1,9-11H2. The molecule has 3 aromatic rings. The van der Waals surface area contributed by atoms with Crippen LogP contribution in [-0.2, 0) is 0 Å². The highest BCUT2D eigenvalue weighted by molar-refractivity contribution is 6.31. The molecule has 1 aromatic heterocycles. The fourth-order valence-electron chi connectivity index (χ4n) is 3.35. The first-order chi connectivity index (χ1) is 12.1. The second-order valence-corrected chi connectivity index (χ2v) is 6.71. The third-order valence-corrected chi connectivity index (χ3v) is 5.00. The number of nitrogens with zero attached hydrogens (tertiary/aromatic N) is 1. The number of nitrogens with one attached hydrogen (secondary N) is 1. The first kappa shape index (κ1) is 16.0. The predicted molar refractivity (Wildman–Crippen MR) is 103 cm³/mol. The van der Waals surface area contributed by atoms with Gasteiger partial charge in [-0.3, -0.25) is 0 Å². The third kappa shape index (κ3) is 3.08. The molecule has 0 radical (unpaired) electrons. The van der Waals surface area contributed by atoms with Crippen LogP contribution in [0.3, 0.4) is 0 Å². The number of halogens is 2. The second-order valence-electron chi connectivity index (χ2n) is 6.27. The van der Waals surface area contributed by atoms with Gasteiger partial charge in [0.15, 0.2) is 0 Å². The maximum Gasteiger partial charge on any atom is 0.123 e. The van der Waals surface area contributed by atoms with Crippen LogP contribution in [0.5, 0.6) is 0 Å². The molecule has 1 N–H and O–H groups in total. The Hall–Kier alpha value is -2.52. The summed E-state index contributed by atoms with van der Waals surface area (Å²) in [5, 5.41) is 1.85. The summed E-state index contributed by atoms with van der Waals surface area (Å²) in [4.78, 5) is 5.53. The maximum atomic E-state index is 13.1. The number of rotatable bonds is 3. The molecule has 4 rings (SSSR count). The smallest absolute Gasteiger partial charge is 0.123 e. The van der Waals surface area contributed by atoms with Gasteiger partial charge in [0.05, 0.1) is 0 Å². The summed E-state index contributed by atoms with van der Waals surface area (Å²) in [6.45, 7) is 5.99. The molecule has 25 heavy (non-hydrogen) atoms. The van der Waals surface area contributed by atoms with Gasteiger partial charge in [-0.05, 0) is 41.8 Å². The molecule has 0 saturated heterocycles. The summed E-state index contributed by atoms with van der Waals surface area (Å²) in [6, 6.07) is 12.6. The molecule has 0 saturated carbocycles. The molecule has 0 bridgehead atoms. The second kappa shape index (κ2) is 6.41. The van der Waals surface area contributed by atoms with Gasteiger partial charge in [-0.25, -0.2) is 4.39 Å². The van der Waals surface area contributed by atoms with E-state index in [0.29, 0.717) is 0 Å². The van der Waals surface area contributed by atoms with Gasteiger partial charge >= 0.3 is 0 Å². The van der Waals surface area contributed by atoms with Gasteiger partial charge in [-0.15, -0.1) is 0 Å². The molecule has 0 spiro atoms. The Kier molecular flexibility index (Phi) is 4.10. The van der Waals surface area contributed by atoms with Crippen LogP contribution in [0.2, 0.25) is 5.02 Å². The first-order valence-electron chi connectivity index (χ1n) is 8.27. The molecule has 2 heterocycles. The lowest BCUT2D eigenvalue weighted by Gasteiger charge is -2.30. The van der Waals surface area contributed by atoms with Crippen molar-refractivity contribution in [3.05, 3.63) is 83.3 Å². The van der Waals surface area contributed by atoms with Crippen LogP contribution in [-0.4, -0.2) is 23.0 Å². The Morgan fingerprint density at radius 2 is 1.96 bits per heavy atom. The van der Waals surface area contributed by atoms with Gasteiger partial charge in [0.2, 0.25) is 0 Å². The number of fused-ring (bicyclic) bond motifs is 1. The van der Waals surface area contributed by atoms with Crippen LogP contribution in [0.4, 0.5) is 4.39 Å². The average molecular weight is 353 g/mol. The fraction of sp³-hybridized carbons (Fsp3) is 0.143. The van der Waals surface area contributed by atoms with Crippen LogP contribution in [0.15, 0.2) is 61.3 Å². The number of aromatic amines is 1. The van der Waals surface area contributed by atoms with Crippen molar-refractivity contribution in [1.29, 1.82) is 0 Å². The molecule has 0 aliphatic carbocycles. The first-order valence-corrected chi connectivity index (χ1v) is 8.65. The van der Waals surface area contributed by atoms with Crippen molar-refractivity contribution in [3.63, 3.8) is 0 Å². The Balaban J connectivity index is 1.55. The fourth-order valence-corrected chi connectivity index (χ4v) is 3.52. The van der Waals surface area contributed by atoms with Gasteiger partial charge in [-0.1, -0.05) is 42.5 Å². The van der Waals surface area contributed by atoms with Gasteiger partial charge < -0.3 is 9.88 Å². The topological polar surface area (TPSA) is 19.0 Å². The van der Waals surface area contributed by atoms with Gasteiger partial charge in [0.1, 0.15) is 5.82 Å². The lowest BCUT2D eigenvalue weighted by molar-refractivity contribution is 0.438. The highest BCUT2D eigenvalue weighted by atomic mass is 35.5. The molecule has 4 heteroatoms. The Morgan fingerprint density at radius 3 is 2.68 bits per heavy atom. The summed E-state index contributed by atoms with van der Waals surface area (Å²) in [5.41, 5.74) is 5.47. The van der Waals surface area contributed by atoms with Crippen molar-refractivity contribution in [2.24, 2.45) is 0 Å².